The summed E-state index contributed by atoms with van der Waals surface area (Å²) < 4.78 is 0. The SMILES string of the molecule is CC1SCCN(c2ncccc2[C@@H](C)O)C1C. The van der Waals surface area contributed by atoms with Gasteiger partial charge in [0.15, 0.2) is 0 Å². The summed E-state index contributed by atoms with van der Waals surface area (Å²) in [5.41, 5.74) is 0.929. The molecule has 17 heavy (non-hydrogen) atoms. The molecule has 0 spiro atoms. The Morgan fingerprint density at radius 1 is 1.53 bits per heavy atom. The van der Waals surface area contributed by atoms with Gasteiger partial charge in [-0.2, -0.15) is 11.8 Å². The third kappa shape index (κ3) is 2.58. The Hall–Kier alpha value is -0.740. The number of aliphatic hydroxyl groups is 1. The second-order valence-electron chi connectivity index (χ2n) is 4.60. The predicted octanol–water partition coefficient (Wildman–Crippen LogP) is 2.47. The van der Waals surface area contributed by atoms with Gasteiger partial charge in [0.1, 0.15) is 5.82 Å². The molecule has 1 N–H and O–H groups in total. The van der Waals surface area contributed by atoms with Gasteiger partial charge >= 0.3 is 0 Å². The molecular weight excluding hydrogens is 232 g/mol. The molecule has 2 rings (SSSR count). The first-order valence-electron chi connectivity index (χ1n) is 6.12. The van der Waals surface area contributed by atoms with Gasteiger partial charge in [-0.05, 0) is 19.9 Å². The highest BCUT2D eigenvalue weighted by Gasteiger charge is 2.28. The average molecular weight is 252 g/mol. The minimum Gasteiger partial charge on any atom is -0.389 e. The van der Waals surface area contributed by atoms with Gasteiger partial charge in [0.25, 0.3) is 0 Å². The van der Waals surface area contributed by atoms with Crippen LogP contribution in [-0.4, -0.2) is 33.7 Å². The summed E-state index contributed by atoms with van der Waals surface area (Å²) in [6, 6.07) is 4.31. The molecule has 1 aromatic rings. The zero-order valence-electron chi connectivity index (χ0n) is 10.6. The lowest BCUT2D eigenvalue weighted by Crippen LogP contribution is -2.45. The van der Waals surface area contributed by atoms with E-state index >= 15 is 0 Å². The third-order valence-electron chi connectivity index (χ3n) is 3.42. The number of hydrogen-bond acceptors (Lipinski definition) is 4. The van der Waals surface area contributed by atoms with Crippen LogP contribution in [0.1, 0.15) is 32.4 Å². The average Bonchev–Trinajstić information content (AvgIpc) is 2.33. The Morgan fingerprint density at radius 2 is 2.29 bits per heavy atom. The van der Waals surface area contributed by atoms with Gasteiger partial charge < -0.3 is 10.0 Å². The van der Waals surface area contributed by atoms with Crippen molar-refractivity contribution < 1.29 is 5.11 Å². The van der Waals surface area contributed by atoms with Gasteiger partial charge in [0.05, 0.1) is 6.10 Å². The van der Waals surface area contributed by atoms with E-state index in [9.17, 15) is 5.11 Å². The van der Waals surface area contributed by atoms with Gasteiger partial charge in [-0.25, -0.2) is 4.98 Å². The highest BCUT2D eigenvalue weighted by molar-refractivity contribution is 8.00. The zero-order chi connectivity index (χ0) is 12.4. The first-order chi connectivity index (χ1) is 8.11. The summed E-state index contributed by atoms with van der Waals surface area (Å²) in [6.07, 6.45) is 1.34. The van der Waals surface area contributed by atoms with E-state index in [0.29, 0.717) is 11.3 Å². The molecule has 3 nitrogen and oxygen atoms in total. The molecule has 0 aliphatic carbocycles. The van der Waals surface area contributed by atoms with Gasteiger partial charge in [0.2, 0.25) is 0 Å². The Kier molecular flexibility index (Phi) is 3.94. The van der Waals surface area contributed by atoms with Crippen LogP contribution in [0, 0.1) is 0 Å². The fourth-order valence-corrected chi connectivity index (χ4v) is 3.31. The van der Waals surface area contributed by atoms with Crippen molar-refractivity contribution in [1.29, 1.82) is 0 Å². The summed E-state index contributed by atoms with van der Waals surface area (Å²) in [5, 5.41) is 10.4. The van der Waals surface area contributed by atoms with Crippen LogP contribution < -0.4 is 4.90 Å². The van der Waals surface area contributed by atoms with E-state index < -0.39 is 6.10 Å². The number of hydrogen-bond donors (Lipinski definition) is 1. The van der Waals surface area contributed by atoms with Crippen LogP contribution in [0.5, 0.6) is 0 Å². The maximum absolute atomic E-state index is 9.82. The number of anilines is 1. The molecular formula is C13H20N2OS. The highest BCUT2D eigenvalue weighted by Crippen LogP contribution is 2.31. The molecule has 2 heterocycles. The van der Waals surface area contributed by atoms with Crippen molar-refractivity contribution in [2.24, 2.45) is 0 Å². The predicted molar refractivity (Wildman–Crippen MR) is 73.6 cm³/mol. The maximum Gasteiger partial charge on any atom is 0.134 e. The number of aliphatic hydroxyl groups excluding tert-OH is 1. The van der Waals surface area contributed by atoms with Crippen molar-refractivity contribution in [1.82, 2.24) is 4.98 Å². The molecule has 1 saturated heterocycles. The Morgan fingerprint density at radius 3 is 3.00 bits per heavy atom. The number of pyridine rings is 1. The smallest absolute Gasteiger partial charge is 0.134 e. The number of rotatable bonds is 2. The molecule has 3 atom stereocenters. The molecule has 1 aromatic heterocycles. The van der Waals surface area contributed by atoms with E-state index in [1.54, 1.807) is 13.1 Å². The van der Waals surface area contributed by atoms with E-state index in [-0.39, 0.29) is 0 Å². The summed E-state index contributed by atoms with van der Waals surface area (Å²) in [5.74, 6) is 2.07. The Balaban J connectivity index is 2.32. The van der Waals surface area contributed by atoms with Crippen LogP contribution in [0.4, 0.5) is 5.82 Å². The van der Waals surface area contributed by atoms with Crippen LogP contribution in [0.2, 0.25) is 0 Å². The summed E-state index contributed by atoms with van der Waals surface area (Å²) in [6.45, 7) is 7.30. The van der Waals surface area contributed by atoms with E-state index in [1.807, 2.05) is 23.9 Å². The lowest BCUT2D eigenvalue weighted by molar-refractivity contribution is 0.199. The van der Waals surface area contributed by atoms with Crippen molar-refractivity contribution in [3.05, 3.63) is 23.9 Å². The fourth-order valence-electron chi connectivity index (χ4n) is 2.21. The first-order valence-corrected chi connectivity index (χ1v) is 7.17. The fraction of sp³-hybridized carbons (Fsp3) is 0.615. The van der Waals surface area contributed by atoms with E-state index in [4.69, 9.17) is 0 Å². The van der Waals surface area contributed by atoms with Crippen LogP contribution in [0.25, 0.3) is 0 Å². The van der Waals surface area contributed by atoms with E-state index in [0.717, 1.165) is 23.7 Å². The highest BCUT2D eigenvalue weighted by atomic mass is 32.2. The number of aromatic nitrogens is 1. The first kappa shape index (κ1) is 12.7. The Labute approximate surface area is 107 Å². The van der Waals surface area contributed by atoms with Crippen molar-refractivity contribution in [3.8, 4) is 0 Å². The maximum atomic E-state index is 9.82. The molecule has 0 bridgehead atoms. The Bertz CT molecular complexity index is 383. The second kappa shape index (κ2) is 5.27. The molecule has 1 aliphatic rings. The number of thioether (sulfide) groups is 1. The molecule has 1 aliphatic heterocycles. The lowest BCUT2D eigenvalue weighted by atomic mass is 10.1. The largest absolute Gasteiger partial charge is 0.389 e. The topological polar surface area (TPSA) is 36.4 Å². The molecule has 94 valence electrons. The monoisotopic (exact) mass is 252 g/mol. The van der Waals surface area contributed by atoms with Crippen molar-refractivity contribution >= 4 is 17.6 Å². The molecule has 4 heteroatoms. The van der Waals surface area contributed by atoms with Crippen molar-refractivity contribution in [2.45, 2.75) is 38.2 Å². The molecule has 0 radical (unpaired) electrons. The molecule has 0 aromatic carbocycles. The van der Waals surface area contributed by atoms with E-state index in [2.05, 4.69) is 23.7 Å². The third-order valence-corrected chi connectivity index (χ3v) is 4.76. The standard InChI is InChI=1S/C13H20N2OS/c1-9-11(3)17-8-7-15(9)13-12(10(2)16)5-4-6-14-13/h4-6,9-11,16H,7-8H2,1-3H3/t9?,10-,11?/m1/s1. The summed E-state index contributed by atoms with van der Waals surface area (Å²) in [4.78, 5) is 6.79. The van der Waals surface area contributed by atoms with Crippen molar-refractivity contribution in [3.63, 3.8) is 0 Å². The minimum absolute atomic E-state index is 0.459. The molecule has 0 amide bonds. The normalized spacial score (nSPS) is 26.9. The summed E-state index contributed by atoms with van der Waals surface area (Å²) in [7, 11) is 0. The number of nitrogens with zero attached hydrogens (tertiary/aromatic N) is 2. The quantitative estimate of drug-likeness (QED) is 0.877. The minimum atomic E-state index is -0.462. The van der Waals surface area contributed by atoms with Gasteiger partial charge in [-0.3, -0.25) is 0 Å². The van der Waals surface area contributed by atoms with Crippen LogP contribution in [-0.2, 0) is 0 Å². The van der Waals surface area contributed by atoms with Crippen LogP contribution in [0.3, 0.4) is 0 Å². The van der Waals surface area contributed by atoms with Crippen molar-refractivity contribution in [2.75, 3.05) is 17.2 Å². The van der Waals surface area contributed by atoms with Gasteiger partial charge in [-0.15, -0.1) is 0 Å². The molecule has 0 saturated carbocycles. The van der Waals surface area contributed by atoms with E-state index in [1.165, 1.54) is 0 Å². The second-order valence-corrected chi connectivity index (χ2v) is 6.09. The van der Waals surface area contributed by atoms with Gasteiger partial charge in [0, 0.05) is 35.3 Å². The van der Waals surface area contributed by atoms with Crippen LogP contribution in [0.15, 0.2) is 18.3 Å². The zero-order valence-corrected chi connectivity index (χ0v) is 11.4. The van der Waals surface area contributed by atoms with Crippen LogP contribution >= 0.6 is 11.8 Å². The molecule has 2 unspecified atom stereocenters. The summed E-state index contributed by atoms with van der Waals surface area (Å²) >= 11 is 2.01. The van der Waals surface area contributed by atoms with Gasteiger partial charge in [-0.1, -0.05) is 13.0 Å². The lowest BCUT2D eigenvalue weighted by Gasteiger charge is -2.39. The molecule has 1 fully saturated rings.